The number of nitriles is 1. The van der Waals surface area contributed by atoms with Crippen molar-refractivity contribution < 1.29 is 8.78 Å². The van der Waals surface area contributed by atoms with Crippen LogP contribution >= 0.6 is 30.3 Å². The van der Waals surface area contributed by atoms with Crippen molar-refractivity contribution in [3.8, 4) is 17.2 Å². The predicted octanol–water partition coefficient (Wildman–Crippen LogP) is 4.28. The van der Waals surface area contributed by atoms with E-state index in [0.717, 1.165) is 12.3 Å². The molecule has 2 heterocycles. The van der Waals surface area contributed by atoms with E-state index in [4.69, 9.17) is 5.73 Å². The fourth-order valence-electron chi connectivity index (χ4n) is 2.23. The largest absolute Gasteiger partial charge is 0.396 e. The smallest absolute Gasteiger partial charge is 0.151 e. The number of anilines is 1. The van der Waals surface area contributed by atoms with Crippen LogP contribution in [0.2, 0.25) is 0 Å². The molecule has 0 aliphatic rings. The third-order valence-electron chi connectivity index (χ3n) is 3.20. The number of hydrogen-bond acceptors (Lipinski definition) is 4. The molecule has 2 aromatic heterocycles. The zero-order chi connectivity index (χ0) is 15.9. The Labute approximate surface area is 140 Å². The topological polar surface area (TPSA) is 67.6 Å². The first-order valence-corrected chi connectivity index (χ1v) is 9.32. The summed E-state index contributed by atoms with van der Waals surface area (Å²) in [5.41, 5.74) is 7.26. The first-order valence-electron chi connectivity index (χ1n) is 6.00. The van der Waals surface area contributed by atoms with Gasteiger partial charge in [0.15, 0.2) is 5.65 Å². The summed E-state index contributed by atoms with van der Waals surface area (Å²) in [7, 11) is 1.35. The zero-order valence-electron chi connectivity index (χ0n) is 10.8. The van der Waals surface area contributed by atoms with Crippen LogP contribution in [0.4, 0.5) is 14.5 Å². The molecule has 0 aliphatic carbocycles. The van der Waals surface area contributed by atoms with Crippen molar-refractivity contribution in [2.45, 2.75) is 0 Å². The van der Waals surface area contributed by atoms with E-state index in [-0.39, 0.29) is 11.3 Å². The maximum absolute atomic E-state index is 13.6. The number of hydrogen-bond donors (Lipinski definition) is 1. The summed E-state index contributed by atoms with van der Waals surface area (Å²) >= 11 is 2.07. The molecule has 0 fully saturated rings. The van der Waals surface area contributed by atoms with Crippen molar-refractivity contribution >= 4 is 47.0 Å². The Hall–Kier alpha value is -1.86. The van der Waals surface area contributed by atoms with Gasteiger partial charge in [-0.1, -0.05) is 0 Å². The number of pyridine rings is 1. The van der Waals surface area contributed by atoms with Gasteiger partial charge in [-0.05, 0) is 18.2 Å². The minimum atomic E-state index is -0.656. The molecule has 4 nitrogen and oxygen atoms in total. The fraction of sp³-hybridized carbons (Fsp3) is 0. The molecule has 0 bridgehead atoms. The fourth-order valence-corrected chi connectivity index (χ4v) is 3.48. The standard InChI is InChI=1S/C14H7F2IN4S/c15-8-2-10-11(6-21(22-17)14(10)20-5-8)9-3-13(19)12(16)1-7(9)4-18/h1-3,5-6H,19H2. The number of benzene rings is 1. The molecule has 3 aromatic rings. The third kappa shape index (κ3) is 2.40. The lowest BCUT2D eigenvalue weighted by Crippen LogP contribution is -1.94. The summed E-state index contributed by atoms with van der Waals surface area (Å²) in [5, 5.41) is 9.76. The van der Waals surface area contributed by atoms with Gasteiger partial charge in [0.1, 0.15) is 11.6 Å². The van der Waals surface area contributed by atoms with Gasteiger partial charge in [-0.3, -0.25) is 3.97 Å². The summed E-state index contributed by atoms with van der Waals surface area (Å²) in [5.74, 6) is -1.14. The summed E-state index contributed by atoms with van der Waals surface area (Å²) in [6, 6.07) is 5.74. The predicted molar refractivity (Wildman–Crippen MR) is 91.2 cm³/mol. The van der Waals surface area contributed by atoms with Crippen molar-refractivity contribution in [2.24, 2.45) is 0 Å². The van der Waals surface area contributed by atoms with Crippen molar-refractivity contribution in [1.29, 1.82) is 5.26 Å². The number of rotatable bonds is 2. The van der Waals surface area contributed by atoms with Gasteiger partial charge in [-0.2, -0.15) is 5.26 Å². The van der Waals surface area contributed by atoms with Gasteiger partial charge >= 0.3 is 0 Å². The molecule has 8 heteroatoms. The Kier molecular flexibility index (Phi) is 3.92. The van der Waals surface area contributed by atoms with Gasteiger partial charge in [-0.25, -0.2) is 13.8 Å². The van der Waals surface area contributed by atoms with Gasteiger partial charge in [0.25, 0.3) is 0 Å². The van der Waals surface area contributed by atoms with E-state index in [1.54, 1.807) is 10.2 Å². The van der Waals surface area contributed by atoms with Gasteiger partial charge in [0, 0.05) is 53.0 Å². The normalized spacial score (nSPS) is 10.8. The number of nitrogens with zero attached hydrogens (tertiary/aromatic N) is 3. The van der Waals surface area contributed by atoms with Crippen LogP contribution < -0.4 is 5.73 Å². The lowest BCUT2D eigenvalue weighted by atomic mass is 9.99. The van der Waals surface area contributed by atoms with E-state index in [2.05, 4.69) is 26.2 Å². The second kappa shape index (κ2) is 5.73. The summed E-state index contributed by atoms with van der Waals surface area (Å²) in [6.45, 7) is 0. The molecular formula is C14H7F2IN4S. The maximum atomic E-state index is 13.6. The number of nitrogen functional groups attached to an aromatic ring is 1. The molecule has 110 valence electrons. The Morgan fingerprint density at radius 1 is 1.27 bits per heavy atom. The number of aromatic nitrogens is 2. The lowest BCUT2D eigenvalue weighted by molar-refractivity contribution is 0.624. The number of fused-ring (bicyclic) bond motifs is 1. The quantitative estimate of drug-likeness (QED) is 0.489. The number of nitrogens with two attached hydrogens (primary N) is 1. The molecule has 0 atom stereocenters. The van der Waals surface area contributed by atoms with Crippen molar-refractivity contribution in [3.05, 3.63) is 47.8 Å². The van der Waals surface area contributed by atoms with Crippen LogP contribution in [-0.4, -0.2) is 8.96 Å². The molecule has 0 radical (unpaired) electrons. The van der Waals surface area contributed by atoms with Crippen LogP contribution in [0, 0.1) is 23.0 Å². The third-order valence-corrected chi connectivity index (χ3v) is 4.90. The number of halogens is 3. The average Bonchev–Trinajstić information content (AvgIpc) is 2.87. The molecular weight excluding hydrogens is 421 g/mol. The highest BCUT2D eigenvalue weighted by Crippen LogP contribution is 2.36. The van der Waals surface area contributed by atoms with Crippen LogP contribution in [0.1, 0.15) is 5.56 Å². The van der Waals surface area contributed by atoms with Crippen molar-refractivity contribution in [2.75, 3.05) is 5.73 Å². The maximum Gasteiger partial charge on any atom is 0.151 e. The van der Waals surface area contributed by atoms with E-state index < -0.39 is 11.6 Å². The Balaban J connectivity index is 2.38. The van der Waals surface area contributed by atoms with Crippen LogP contribution in [0.3, 0.4) is 0 Å². The minimum Gasteiger partial charge on any atom is -0.396 e. The van der Waals surface area contributed by atoms with Gasteiger partial charge < -0.3 is 5.73 Å². The Morgan fingerprint density at radius 3 is 2.73 bits per heavy atom. The zero-order valence-corrected chi connectivity index (χ0v) is 13.8. The Bertz CT molecular complexity index is 933. The second-order valence-corrected chi connectivity index (χ2v) is 6.21. The summed E-state index contributed by atoms with van der Waals surface area (Å²) < 4.78 is 28.8. The van der Waals surface area contributed by atoms with E-state index >= 15 is 0 Å². The molecule has 0 saturated heterocycles. The first-order chi connectivity index (χ1) is 10.5. The second-order valence-electron chi connectivity index (χ2n) is 4.49. The molecule has 0 aliphatic heterocycles. The minimum absolute atomic E-state index is 0.0682. The van der Waals surface area contributed by atoms with Gasteiger partial charge in [0.2, 0.25) is 0 Å². The summed E-state index contributed by atoms with van der Waals surface area (Å²) in [4.78, 5) is 4.07. The molecule has 3 rings (SSSR count). The molecule has 0 saturated carbocycles. The van der Waals surface area contributed by atoms with Crippen LogP contribution in [0.5, 0.6) is 0 Å². The van der Waals surface area contributed by atoms with Crippen molar-refractivity contribution in [1.82, 2.24) is 8.96 Å². The SMILES string of the molecule is N#Cc1cc(F)c(N)cc1-c1cn(SI)c2ncc(F)cc12. The molecule has 0 spiro atoms. The highest BCUT2D eigenvalue weighted by Gasteiger charge is 2.17. The average molecular weight is 428 g/mol. The van der Waals surface area contributed by atoms with E-state index in [0.29, 0.717) is 22.2 Å². The monoisotopic (exact) mass is 428 g/mol. The lowest BCUT2D eigenvalue weighted by Gasteiger charge is -2.05. The highest BCUT2D eigenvalue weighted by atomic mass is 127. The molecule has 1 aromatic carbocycles. The van der Waals surface area contributed by atoms with Crippen molar-refractivity contribution in [3.63, 3.8) is 0 Å². The summed E-state index contributed by atoms with van der Waals surface area (Å²) in [6.07, 6.45) is 2.85. The molecule has 0 amide bonds. The highest BCUT2D eigenvalue weighted by molar-refractivity contribution is 14.2. The molecule has 0 unspecified atom stereocenters. The van der Waals surface area contributed by atoms with Crippen LogP contribution in [0.15, 0.2) is 30.6 Å². The van der Waals surface area contributed by atoms with Gasteiger partial charge in [0.05, 0.1) is 23.5 Å². The van der Waals surface area contributed by atoms with E-state index in [9.17, 15) is 14.0 Å². The van der Waals surface area contributed by atoms with E-state index in [1.807, 2.05) is 6.07 Å². The van der Waals surface area contributed by atoms with Crippen LogP contribution in [-0.2, 0) is 0 Å². The first kappa shape index (κ1) is 15.1. The molecule has 2 N–H and O–H groups in total. The van der Waals surface area contributed by atoms with Gasteiger partial charge in [-0.15, -0.1) is 0 Å². The molecule has 22 heavy (non-hydrogen) atoms. The van der Waals surface area contributed by atoms with Crippen LogP contribution in [0.25, 0.3) is 22.2 Å². The Morgan fingerprint density at radius 2 is 2.05 bits per heavy atom. The van der Waals surface area contributed by atoms with E-state index in [1.165, 1.54) is 21.3 Å².